The van der Waals surface area contributed by atoms with Crippen molar-refractivity contribution < 1.29 is 9.36 Å². The average molecular weight is 287 g/mol. The molecule has 22 heavy (non-hydrogen) atoms. The molecule has 106 valence electrons. The molecule has 1 N–H and O–H groups in total. The third-order valence-electron chi connectivity index (χ3n) is 4.01. The number of fused-ring (bicyclic) bond motifs is 2. The molecule has 3 nitrogen and oxygen atoms in total. The van der Waals surface area contributed by atoms with Gasteiger partial charge < -0.3 is 0 Å². The number of aldehydes is 1. The predicted molar refractivity (Wildman–Crippen MR) is 86.9 cm³/mol. The second-order valence-electron chi connectivity index (χ2n) is 5.41. The van der Waals surface area contributed by atoms with Gasteiger partial charge in [-0.05, 0) is 34.5 Å². The van der Waals surface area contributed by atoms with Gasteiger partial charge in [-0.15, -0.1) is 0 Å². The third-order valence-corrected chi connectivity index (χ3v) is 4.01. The summed E-state index contributed by atoms with van der Waals surface area (Å²) >= 11 is 0. The van der Waals surface area contributed by atoms with Crippen LogP contribution in [0.15, 0.2) is 66.7 Å². The Bertz CT molecular complexity index is 985. The van der Waals surface area contributed by atoms with Crippen LogP contribution in [0.3, 0.4) is 0 Å². The normalized spacial score (nSPS) is 11.1. The van der Waals surface area contributed by atoms with E-state index in [1.54, 1.807) is 0 Å². The zero-order valence-electron chi connectivity index (χ0n) is 12.0. The van der Waals surface area contributed by atoms with Crippen LogP contribution in [-0.4, -0.2) is 11.3 Å². The zero-order valence-corrected chi connectivity index (χ0v) is 12.0. The van der Waals surface area contributed by atoms with E-state index in [-0.39, 0.29) is 0 Å². The number of aromatic amines is 1. The number of carbonyl (C=O) groups excluding carboxylic acids is 1. The minimum atomic E-state index is 0.592. The van der Waals surface area contributed by atoms with Gasteiger partial charge in [0.1, 0.15) is 6.54 Å². The van der Waals surface area contributed by atoms with E-state index in [1.165, 1.54) is 16.3 Å². The second-order valence-corrected chi connectivity index (χ2v) is 5.41. The minimum Gasteiger partial charge on any atom is -0.289 e. The summed E-state index contributed by atoms with van der Waals surface area (Å²) in [7, 11) is 0. The highest BCUT2D eigenvalue weighted by Gasteiger charge is 2.17. The highest BCUT2D eigenvalue weighted by atomic mass is 16.1. The number of benzene rings is 3. The summed E-state index contributed by atoms with van der Waals surface area (Å²) in [5.41, 5.74) is 3.19. The average Bonchev–Trinajstić information content (AvgIpc) is 2.93. The summed E-state index contributed by atoms with van der Waals surface area (Å²) in [5, 5.41) is 2.44. The fourth-order valence-electron chi connectivity index (χ4n) is 2.93. The molecule has 3 heteroatoms. The maximum Gasteiger partial charge on any atom is 0.321 e. The molecule has 4 rings (SSSR count). The quantitative estimate of drug-likeness (QED) is 0.454. The molecule has 0 amide bonds. The molecule has 1 heterocycles. The number of hydrogen-bond acceptors (Lipinski definition) is 1. The van der Waals surface area contributed by atoms with E-state index in [0.717, 1.165) is 17.3 Å². The smallest absolute Gasteiger partial charge is 0.289 e. The van der Waals surface area contributed by atoms with Crippen LogP contribution in [0.1, 0.15) is 16.2 Å². The summed E-state index contributed by atoms with van der Waals surface area (Å²) in [6.07, 6.45) is 0.876. The highest BCUT2D eigenvalue weighted by molar-refractivity contribution is 5.83. The van der Waals surface area contributed by atoms with E-state index in [4.69, 9.17) is 0 Å². The first-order valence-corrected chi connectivity index (χ1v) is 7.28. The highest BCUT2D eigenvalue weighted by Crippen LogP contribution is 2.16. The molecule has 0 aliphatic carbocycles. The predicted octanol–water partition coefficient (Wildman–Crippen LogP) is 3.47. The molecule has 0 unspecified atom stereocenters. The molecule has 0 saturated carbocycles. The summed E-state index contributed by atoms with van der Waals surface area (Å²) < 4.78 is 2.02. The number of rotatable bonds is 3. The molecular formula is C19H15N2O+. The molecule has 4 aromatic rings. The Balaban J connectivity index is 1.83. The molecule has 0 radical (unpaired) electrons. The van der Waals surface area contributed by atoms with Gasteiger partial charge in [-0.3, -0.25) is 4.79 Å². The van der Waals surface area contributed by atoms with Gasteiger partial charge in [0, 0.05) is 0 Å². The monoisotopic (exact) mass is 287 g/mol. The van der Waals surface area contributed by atoms with Crippen LogP contribution < -0.4 is 4.57 Å². The Labute approximate surface area is 127 Å². The topological polar surface area (TPSA) is 36.7 Å². The van der Waals surface area contributed by atoms with E-state index in [0.29, 0.717) is 12.4 Å². The molecule has 0 saturated heterocycles. The number of aromatic nitrogens is 2. The van der Waals surface area contributed by atoms with Gasteiger partial charge >= 0.3 is 5.82 Å². The summed E-state index contributed by atoms with van der Waals surface area (Å²) in [6, 6.07) is 22.7. The molecular weight excluding hydrogens is 272 g/mol. The van der Waals surface area contributed by atoms with Gasteiger partial charge in [0.25, 0.3) is 0 Å². The van der Waals surface area contributed by atoms with Gasteiger partial charge in [0.05, 0.1) is 0 Å². The number of carbonyl (C=O) groups is 1. The molecule has 1 aromatic heterocycles. The van der Waals surface area contributed by atoms with Crippen LogP contribution in [0.25, 0.3) is 21.8 Å². The Morgan fingerprint density at radius 1 is 0.909 bits per heavy atom. The summed E-state index contributed by atoms with van der Waals surface area (Å²) in [6.45, 7) is 0.670. The molecule has 0 fully saturated rings. The second kappa shape index (κ2) is 5.11. The van der Waals surface area contributed by atoms with Crippen LogP contribution in [-0.2, 0) is 6.54 Å². The molecule has 0 spiro atoms. The Morgan fingerprint density at radius 3 is 2.55 bits per heavy atom. The maximum absolute atomic E-state index is 11.3. The first kappa shape index (κ1) is 12.8. The van der Waals surface area contributed by atoms with Crippen molar-refractivity contribution in [3.8, 4) is 0 Å². The molecule has 0 aliphatic rings. The standard InChI is InChI=1S/C19H14N2O/c22-13-19-20-17-7-3-4-8-18(17)21(19)12-14-9-10-15-5-1-2-6-16(15)11-14/h1-11,13H,12H2/p+1. The van der Waals surface area contributed by atoms with Crippen LogP contribution >= 0.6 is 0 Å². The van der Waals surface area contributed by atoms with Crippen molar-refractivity contribution in [3.05, 3.63) is 78.1 Å². The lowest BCUT2D eigenvalue weighted by Crippen LogP contribution is -2.37. The minimum absolute atomic E-state index is 0.592. The Hall–Kier alpha value is -2.94. The summed E-state index contributed by atoms with van der Waals surface area (Å²) in [4.78, 5) is 14.5. The van der Waals surface area contributed by atoms with Crippen molar-refractivity contribution in [2.24, 2.45) is 0 Å². The van der Waals surface area contributed by atoms with E-state index in [2.05, 4.69) is 35.3 Å². The SMILES string of the molecule is O=Cc1[nH]c2ccccc2[n+]1Cc1ccc2ccccc2c1. The van der Waals surface area contributed by atoms with Gasteiger partial charge in [0.15, 0.2) is 11.0 Å². The van der Waals surface area contributed by atoms with Gasteiger partial charge in [0.2, 0.25) is 6.29 Å². The fourth-order valence-corrected chi connectivity index (χ4v) is 2.93. The first-order valence-electron chi connectivity index (χ1n) is 7.28. The van der Waals surface area contributed by atoms with Gasteiger partial charge in [-0.25, -0.2) is 9.55 Å². The Morgan fingerprint density at radius 2 is 1.68 bits per heavy atom. The summed E-state index contributed by atoms with van der Waals surface area (Å²) in [5.74, 6) is 0.592. The number of nitrogens with one attached hydrogen (secondary N) is 1. The van der Waals surface area contributed by atoms with Crippen molar-refractivity contribution in [2.75, 3.05) is 0 Å². The lowest BCUT2D eigenvalue weighted by atomic mass is 10.1. The first-order chi connectivity index (χ1) is 10.8. The van der Waals surface area contributed by atoms with Crippen LogP contribution in [0.2, 0.25) is 0 Å². The van der Waals surface area contributed by atoms with Crippen LogP contribution in [0.4, 0.5) is 0 Å². The van der Waals surface area contributed by atoms with E-state index in [1.807, 2.05) is 41.0 Å². The number of nitrogens with zero attached hydrogens (tertiary/aromatic N) is 1. The zero-order chi connectivity index (χ0) is 14.9. The van der Waals surface area contributed by atoms with Crippen molar-refractivity contribution >= 4 is 28.1 Å². The molecule has 3 aromatic carbocycles. The lowest BCUT2D eigenvalue weighted by molar-refractivity contribution is -0.663. The van der Waals surface area contributed by atoms with Gasteiger partial charge in [-0.2, -0.15) is 0 Å². The number of hydrogen-bond donors (Lipinski definition) is 1. The third kappa shape index (κ3) is 2.07. The largest absolute Gasteiger partial charge is 0.321 e. The lowest BCUT2D eigenvalue weighted by Gasteiger charge is -2.03. The number of para-hydroxylation sites is 2. The Kier molecular flexibility index (Phi) is 2.97. The fraction of sp³-hybridized carbons (Fsp3) is 0.0526. The van der Waals surface area contributed by atoms with Crippen molar-refractivity contribution in [1.82, 2.24) is 4.98 Å². The van der Waals surface area contributed by atoms with Crippen LogP contribution in [0, 0.1) is 0 Å². The number of H-pyrrole nitrogens is 1. The molecule has 0 bridgehead atoms. The van der Waals surface area contributed by atoms with Crippen molar-refractivity contribution in [1.29, 1.82) is 0 Å². The van der Waals surface area contributed by atoms with E-state index < -0.39 is 0 Å². The van der Waals surface area contributed by atoms with Gasteiger partial charge in [-0.1, -0.05) is 48.5 Å². The number of imidazole rings is 1. The molecule has 0 aliphatic heterocycles. The van der Waals surface area contributed by atoms with Crippen molar-refractivity contribution in [3.63, 3.8) is 0 Å². The van der Waals surface area contributed by atoms with Crippen molar-refractivity contribution in [2.45, 2.75) is 6.54 Å². The molecule has 0 atom stereocenters. The van der Waals surface area contributed by atoms with E-state index in [9.17, 15) is 4.79 Å². The maximum atomic E-state index is 11.3. The van der Waals surface area contributed by atoms with Crippen LogP contribution in [0.5, 0.6) is 0 Å². The van der Waals surface area contributed by atoms with E-state index >= 15 is 0 Å².